The smallest absolute Gasteiger partial charge is 0.103 e. The quantitative estimate of drug-likeness (QED) is 0.900. The first-order valence-electron chi connectivity index (χ1n) is 5.45. The summed E-state index contributed by atoms with van der Waals surface area (Å²) in [6.07, 6.45) is 2.20. The molecule has 1 aromatic carbocycles. The van der Waals surface area contributed by atoms with Gasteiger partial charge in [0.05, 0.1) is 11.8 Å². The van der Waals surface area contributed by atoms with Gasteiger partial charge in [0.15, 0.2) is 0 Å². The van der Waals surface area contributed by atoms with Crippen LogP contribution >= 0.6 is 23.1 Å². The van der Waals surface area contributed by atoms with E-state index in [0.717, 1.165) is 22.0 Å². The van der Waals surface area contributed by atoms with Crippen LogP contribution in [0.25, 0.3) is 0 Å². The highest BCUT2D eigenvalue weighted by Gasteiger charge is 2.10. The summed E-state index contributed by atoms with van der Waals surface area (Å²) in [5.74, 6) is 0.950. The molecule has 2 rings (SSSR count). The lowest BCUT2D eigenvalue weighted by molar-refractivity contribution is 0.177. The molecule has 0 aliphatic rings. The molecule has 0 amide bonds. The van der Waals surface area contributed by atoms with Crippen molar-refractivity contribution in [3.63, 3.8) is 0 Å². The van der Waals surface area contributed by atoms with Crippen molar-refractivity contribution in [2.24, 2.45) is 0 Å². The lowest BCUT2D eigenvalue weighted by Gasteiger charge is -2.08. The van der Waals surface area contributed by atoms with Crippen LogP contribution in [-0.4, -0.2) is 16.3 Å². The van der Waals surface area contributed by atoms with E-state index in [2.05, 4.69) is 11.2 Å². The molecule has 1 atom stereocenters. The first-order chi connectivity index (χ1) is 8.29. The topological polar surface area (TPSA) is 33.1 Å². The zero-order valence-corrected chi connectivity index (χ0v) is 11.3. The molecule has 1 heterocycles. The number of thiazole rings is 1. The molecule has 0 saturated carbocycles. The fourth-order valence-electron chi connectivity index (χ4n) is 1.62. The average Bonchev–Trinajstić information content (AvgIpc) is 2.78. The fourth-order valence-corrected chi connectivity index (χ4v) is 3.15. The molecule has 1 N–H and O–H groups in total. The van der Waals surface area contributed by atoms with Gasteiger partial charge in [0.25, 0.3) is 0 Å². The van der Waals surface area contributed by atoms with Crippen LogP contribution in [0.15, 0.2) is 35.7 Å². The van der Waals surface area contributed by atoms with E-state index in [-0.39, 0.29) is 0 Å². The number of aliphatic hydroxyl groups is 1. The lowest BCUT2D eigenvalue weighted by Crippen LogP contribution is -2.01. The third-order valence-electron chi connectivity index (χ3n) is 2.45. The van der Waals surface area contributed by atoms with Gasteiger partial charge in [-0.25, -0.2) is 4.98 Å². The van der Waals surface area contributed by atoms with E-state index in [1.54, 1.807) is 23.1 Å². The Hall–Kier alpha value is -0.840. The lowest BCUT2D eigenvalue weighted by atomic mass is 10.1. The Morgan fingerprint density at radius 3 is 2.82 bits per heavy atom. The van der Waals surface area contributed by atoms with E-state index in [0.29, 0.717) is 6.42 Å². The molecule has 1 aromatic heterocycles. The predicted molar refractivity (Wildman–Crippen MR) is 74.4 cm³/mol. The number of aromatic nitrogens is 1. The summed E-state index contributed by atoms with van der Waals surface area (Å²) in [6.45, 7) is 0. The SMILES string of the molecule is CSCc1nc(CC(O)c2ccccc2)cs1. The van der Waals surface area contributed by atoms with Crippen molar-refractivity contribution >= 4 is 23.1 Å². The van der Waals surface area contributed by atoms with Crippen LogP contribution in [0.5, 0.6) is 0 Å². The maximum atomic E-state index is 10.1. The molecule has 0 aliphatic carbocycles. The number of aliphatic hydroxyl groups excluding tert-OH is 1. The van der Waals surface area contributed by atoms with Gasteiger partial charge < -0.3 is 5.11 Å². The molecule has 17 heavy (non-hydrogen) atoms. The van der Waals surface area contributed by atoms with E-state index in [1.165, 1.54) is 0 Å². The zero-order chi connectivity index (χ0) is 12.1. The minimum Gasteiger partial charge on any atom is -0.388 e. The highest BCUT2D eigenvalue weighted by atomic mass is 32.2. The van der Waals surface area contributed by atoms with E-state index < -0.39 is 6.10 Å². The Kier molecular flexibility index (Phi) is 4.59. The standard InChI is InChI=1S/C13H15NOS2/c1-16-9-13-14-11(8-17-13)7-12(15)10-5-3-2-4-6-10/h2-6,8,12,15H,7,9H2,1H3. The van der Waals surface area contributed by atoms with Crippen molar-refractivity contribution in [1.29, 1.82) is 0 Å². The highest BCUT2D eigenvalue weighted by molar-refractivity contribution is 7.97. The molecule has 0 saturated heterocycles. The first-order valence-corrected chi connectivity index (χ1v) is 7.72. The largest absolute Gasteiger partial charge is 0.388 e. The maximum absolute atomic E-state index is 10.1. The van der Waals surface area contributed by atoms with Crippen molar-refractivity contribution in [3.8, 4) is 0 Å². The van der Waals surface area contributed by atoms with Crippen molar-refractivity contribution in [1.82, 2.24) is 4.98 Å². The van der Waals surface area contributed by atoms with Crippen molar-refractivity contribution in [3.05, 3.63) is 52.0 Å². The Bertz CT molecular complexity index is 455. The van der Waals surface area contributed by atoms with Gasteiger partial charge in [-0.2, -0.15) is 11.8 Å². The summed E-state index contributed by atoms with van der Waals surface area (Å²) in [5, 5.41) is 13.2. The van der Waals surface area contributed by atoms with Crippen molar-refractivity contribution < 1.29 is 5.11 Å². The van der Waals surface area contributed by atoms with E-state index >= 15 is 0 Å². The highest BCUT2D eigenvalue weighted by Crippen LogP contribution is 2.21. The van der Waals surface area contributed by atoms with Gasteiger partial charge in [0, 0.05) is 17.6 Å². The second-order valence-electron chi connectivity index (χ2n) is 3.80. The van der Waals surface area contributed by atoms with Crippen molar-refractivity contribution in [2.45, 2.75) is 18.3 Å². The minimum absolute atomic E-state index is 0.458. The molecule has 2 aromatic rings. The van der Waals surface area contributed by atoms with Gasteiger partial charge in [0.2, 0.25) is 0 Å². The number of thioether (sulfide) groups is 1. The second-order valence-corrected chi connectivity index (χ2v) is 5.60. The Morgan fingerprint density at radius 1 is 1.35 bits per heavy atom. The van der Waals surface area contributed by atoms with Gasteiger partial charge in [-0.1, -0.05) is 30.3 Å². The molecule has 0 radical (unpaired) electrons. The summed E-state index contributed by atoms with van der Waals surface area (Å²) < 4.78 is 0. The predicted octanol–water partition coefficient (Wildman–Crippen LogP) is 3.28. The third-order valence-corrected chi connectivity index (χ3v) is 4.10. The molecule has 90 valence electrons. The molecular formula is C13H15NOS2. The minimum atomic E-state index is -0.458. The van der Waals surface area contributed by atoms with Gasteiger partial charge in [0.1, 0.15) is 5.01 Å². The molecule has 1 unspecified atom stereocenters. The normalized spacial score (nSPS) is 12.6. The van der Waals surface area contributed by atoms with Crippen LogP contribution in [-0.2, 0) is 12.2 Å². The van der Waals surface area contributed by atoms with Gasteiger partial charge in [-0.15, -0.1) is 11.3 Å². The Labute approximate surface area is 110 Å². The molecule has 2 nitrogen and oxygen atoms in total. The van der Waals surface area contributed by atoms with Gasteiger partial charge in [-0.3, -0.25) is 0 Å². The number of benzene rings is 1. The van der Waals surface area contributed by atoms with Gasteiger partial charge >= 0.3 is 0 Å². The Morgan fingerprint density at radius 2 is 2.12 bits per heavy atom. The summed E-state index contributed by atoms with van der Waals surface area (Å²) in [6, 6.07) is 9.73. The summed E-state index contributed by atoms with van der Waals surface area (Å²) in [7, 11) is 0. The average molecular weight is 265 g/mol. The van der Waals surface area contributed by atoms with Crippen LogP contribution in [0.1, 0.15) is 22.4 Å². The maximum Gasteiger partial charge on any atom is 0.103 e. The van der Waals surface area contributed by atoms with Crippen molar-refractivity contribution in [2.75, 3.05) is 6.26 Å². The number of hydrogen-bond acceptors (Lipinski definition) is 4. The summed E-state index contributed by atoms with van der Waals surface area (Å²) in [5.41, 5.74) is 1.93. The monoisotopic (exact) mass is 265 g/mol. The molecule has 4 heteroatoms. The molecule has 0 aliphatic heterocycles. The van der Waals surface area contributed by atoms with E-state index in [4.69, 9.17) is 0 Å². The second kappa shape index (κ2) is 6.19. The summed E-state index contributed by atoms with van der Waals surface area (Å²) >= 11 is 3.44. The molecule has 0 spiro atoms. The van der Waals surface area contributed by atoms with Gasteiger partial charge in [-0.05, 0) is 11.8 Å². The van der Waals surface area contributed by atoms with Crippen LogP contribution in [0.4, 0.5) is 0 Å². The molecular weight excluding hydrogens is 250 g/mol. The van der Waals surface area contributed by atoms with E-state index in [1.807, 2.05) is 35.7 Å². The van der Waals surface area contributed by atoms with Crippen LogP contribution in [0, 0.1) is 0 Å². The summed E-state index contributed by atoms with van der Waals surface area (Å²) in [4.78, 5) is 4.50. The first kappa shape index (κ1) is 12.6. The van der Waals surface area contributed by atoms with E-state index in [9.17, 15) is 5.11 Å². The van der Waals surface area contributed by atoms with Crippen LogP contribution in [0.2, 0.25) is 0 Å². The molecule has 0 bridgehead atoms. The van der Waals surface area contributed by atoms with Crippen LogP contribution < -0.4 is 0 Å². The Balaban J connectivity index is 2.00. The number of rotatable bonds is 5. The fraction of sp³-hybridized carbons (Fsp3) is 0.308. The number of hydrogen-bond donors (Lipinski definition) is 1. The number of nitrogens with zero attached hydrogens (tertiary/aromatic N) is 1. The third kappa shape index (κ3) is 3.56. The zero-order valence-electron chi connectivity index (χ0n) is 9.67. The molecule has 0 fully saturated rings. The van der Waals surface area contributed by atoms with Crippen LogP contribution in [0.3, 0.4) is 0 Å².